The van der Waals surface area contributed by atoms with Crippen LogP contribution >= 0.6 is 24.0 Å². The summed E-state index contributed by atoms with van der Waals surface area (Å²) in [6.07, 6.45) is 7.68. The maximum absolute atomic E-state index is 4.82. The minimum absolute atomic E-state index is 0. The molecule has 2 rings (SSSR count). The molecule has 5 nitrogen and oxygen atoms in total. The van der Waals surface area contributed by atoms with Crippen molar-refractivity contribution < 1.29 is 0 Å². The van der Waals surface area contributed by atoms with Gasteiger partial charge in [-0.2, -0.15) is 0 Å². The van der Waals surface area contributed by atoms with Crippen LogP contribution in [0.25, 0.3) is 0 Å². The highest BCUT2D eigenvalue weighted by molar-refractivity contribution is 14.0. The summed E-state index contributed by atoms with van der Waals surface area (Å²) in [6, 6.07) is 1.23. The predicted octanol–water partition coefficient (Wildman–Crippen LogP) is 3.54. The third kappa shape index (κ3) is 9.79. The standard InChI is InChI=1S/C21H43N5.HI/c1-5-22-21(24-20-10-15-26(16-11-20)18(2)3)23-12-6-7-13-25-14-8-9-19(4)17-25;/h18-20H,5-17H2,1-4H3,(H2,22,23,24);1H. The Labute approximate surface area is 185 Å². The van der Waals surface area contributed by atoms with Crippen LogP contribution in [0.15, 0.2) is 4.99 Å². The van der Waals surface area contributed by atoms with Gasteiger partial charge in [0.15, 0.2) is 5.96 Å². The van der Waals surface area contributed by atoms with Crippen LogP contribution in [0.3, 0.4) is 0 Å². The average molecular weight is 494 g/mol. The fourth-order valence-corrected chi connectivity index (χ4v) is 4.20. The molecule has 6 heteroatoms. The highest BCUT2D eigenvalue weighted by Crippen LogP contribution is 2.16. The van der Waals surface area contributed by atoms with Gasteiger partial charge in [0.2, 0.25) is 0 Å². The van der Waals surface area contributed by atoms with Crippen molar-refractivity contribution in [1.29, 1.82) is 0 Å². The Morgan fingerprint density at radius 2 is 1.85 bits per heavy atom. The topological polar surface area (TPSA) is 42.9 Å². The van der Waals surface area contributed by atoms with Gasteiger partial charge < -0.3 is 20.4 Å². The summed E-state index contributed by atoms with van der Waals surface area (Å²) in [5, 5.41) is 7.09. The zero-order chi connectivity index (χ0) is 18.8. The molecule has 2 aliphatic rings. The molecule has 0 spiro atoms. The molecule has 0 aromatic carbocycles. The maximum Gasteiger partial charge on any atom is 0.191 e. The van der Waals surface area contributed by atoms with Gasteiger partial charge in [-0.3, -0.25) is 4.99 Å². The Hall–Kier alpha value is -0.0800. The number of piperidine rings is 2. The first-order valence-electron chi connectivity index (χ1n) is 11.1. The largest absolute Gasteiger partial charge is 0.357 e. The monoisotopic (exact) mass is 493 g/mol. The predicted molar refractivity (Wildman–Crippen MR) is 128 cm³/mol. The summed E-state index contributed by atoms with van der Waals surface area (Å²) in [4.78, 5) is 10.0. The van der Waals surface area contributed by atoms with E-state index in [4.69, 9.17) is 4.99 Å². The minimum atomic E-state index is 0. The zero-order valence-corrected chi connectivity index (χ0v) is 20.5. The third-order valence-electron chi connectivity index (χ3n) is 5.84. The van der Waals surface area contributed by atoms with E-state index in [0.29, 0.717) is 12.1 Å². The molecule has 2 heterocycles. The van der Waals surface area contributed by atoms with Crippen molar-refractivity contribution in [3.05, 3.63) is 0 Å². The Bertz CT molecular complexity index is 407. The van der Waals surface area contributed by atoms with Crippen LogP contribution in [-0.4, -0.2) is 73.7 Å². The number of unbranched alkanes of at least 4 members (excludes halogenated alkanes) is 1. The molecule has 0 radical (unpaired) electrons. The molecule has 1 atom stereocenters. The van der Waals surface area contributed by atoms with Crippen molar-refractivity contribution in [3.63, 3.8) is 0 Å². The van der Waals surface area contributed by atoms with Gasteiger partial charge in [0.05, 0.1) is 0 Å². The van der Waals surface area contributed by atoms with Gasteiger partial charge in [0.1, 0.15) is 0 Å². The second-order valence-electron chi connectivity index (χ2n) is 8.56. The van der Waals surface area contributed by atoms with Gasteiger partial charge >= 0.3 is 0 Å². The smallest absolute Gasteiger partial charge is 0.191 e. The number of hydrogen-bond acceptors (Lipinski definition) is 3. The molecule has 1 unspecified atom stereocenters. The van der Waals surface area contributed by atoms with E-state index in [-0.39, 0.29) is 24.0 Å². The van der Waals surface area contributed by atoms with Crippen LogP contribution < -0.4 is 10.6 Å². The summed E-state index contributed by atoms with van der Waals surface area (Å²) >= 11 is 0. The van der Waals surface area contributed by atoms with Gasteiger partial charge in [0, 0.05) is 44.8 Å². The number of guanidine groups is 1. The van der Waals surface area contributed by atoms with E-state index in [1.165, 1.54) is 71.2 Å². The molecule has 0 amide bonds. The minimum Gasteiger partial charge on any atom is -0.357 e. The second kappa shape index (κ2) is 14.0. The van der Waals surface area contributed by atoms with Crippen LogP contribution in [0.5, 0.6) is 0 Å². The van der Waals surface area contributed by atoms with Crippen molar-refractivity contribution in [2.45, 2.75) is 78.3 Å². The lowest BCUT2D eigenvalue weighted by atomic mass is 10.0. The van der Waals surface area contributed by atoms with Crippen molar-refractivity contribution in [1.82, 2.24) is 20.4 Å². The van der Waals surface area contributed by atoms with Crippen molar-refractivity contribution >= 4 is 29.9 Å². The van der Waals surface area contributed by atoms with E-state index in [9.17, 15) is 0 Å². The molecular formula is C21H44IN5. The Kier molecular flexibility index (Phi) is 12.9. The normalized spacial score (nSPS) is 23.3. The Balaban J connectivity index is 0.00000364. The summed E-state index contributed by atoms with van der Waals surface area (Å²) in [7, 11) is 0. The van der Waals surface area contributed by atoms with Crippen LogP contribution in [-0.2, 0) is 0 Å². The van der Waals surface area contributed by atoms with Crippen LogP contribution in [0.4, 0.5) is 0 Å². The summed E-state index contributed by atoms with van der Waals surface area (Å²) in [5.74, 6) is 1.90. The van der Waals surface area contributed by atoms with E-state index in [1.54, 1.807) is 0 Å². The van der Waals surface area contributed by atoms with Gasteiger partial charge in [-0.05, 0) is 78.3 Å². The van der Waals surface area contributed by atoms with E-state index >= 15 is 0 Å². The lowest BCUT2D eigenvalue weighted by Crippen LogP contribution is -2.49. The lowest BCUT2D eigenvalue weighted by molar-refractivity contribution is 0.167. The molecule has 0 aromatic heterocycles. The quantitative estimate of drug-likeness (QED) is 0.235. The fraction of sp³-hybridized carbons (Fsp3) is 0.952. The van der Waals surface area contributed by atoms with Crippen LogP contribution in [0.2, 0.25) is 0 Å². The molecule has 27 heavy (non-hydrogen) atoms. The van der Waals surface area contributed by atoms with Crippen LogP contribution in [0.1, 0.15) is 66.2 Å². The van der Waals surface area contributed by atoms with Crippen LogP contribution in [0, 0.1) is 5.92 Å². The number of hydrogen-bond donors (Lipinski definition) is 2. The molecule has 0 bridgehead atoms. The van der Waals surface area contributed by atoms with E-state index < -0.39 is 0 Å². The number of halogens is 1. The molecule has 0 aromatic rings. The Morgan fingerprint density at radius 3 is 2.48 bits per heavy atom. The highest BCUT2D eigenvalue weighted by Gasteiger charge is 2.21. The SMILES string of the molecule is CCNC(=NCCCCN1CCCC(C)C1)NC1CCN(C(C)C)CC1.I. The molecule has 2 N–H and O–H groups in total. The highest BCUT2D eigenvalue weighted by atomic mass is 127. The first kappa shape index (κ1) is 25.0. The molecule has 160 valence electrons. The number of nitrogens with one attached hydrogen (secondary N) is 2. The van der Waals surface area contributed by atoms with E-state index in [0.717, 1.165) is 25.0 Å². The lowest BCUT2D eigenvalue weighted by Gasteiger charge is -2.35. The zero-order valence-electron chi connectivity index (χ0n) is 18.2. The van der Waals surface area contributed by atoms with Gasteiger partial charge in [0.25, 0.3) is 0 Å². The third-order valence-corrected chi connectivity index (χ3v) is 5.84. The number of rotatable bonds is 8. The molecule has 2 saturated heterocycles. The fourth-order valence-electron chi connectivity index (χ4n) is 4.20. The van der Waals surface area contributed by atoms with Crippen molar-refractivity contribution in [2.24, 2.45) is 10.9 Å². The molecule has 2 aliphatic heterocycles. The Morgan fingerprint density at radius 1 is 1.11 bits per heavy atom. The van der Waals surface area contributed by atoms with Gasteiger partial charge in [-0.25, -0.2) is 0 Å². The first-order valence-corrected chi connectivity index (χ1v) is 11.1. The van der Waals surface area contributed by atoms with Gasteiger partial charge in [-0.1, -0.05) is 6.92 Å². The summed E-state index contributed by atoms with van der Waals surface area (Å²) in [5.41, 5.74) is 0. The van der Waals surface area contributed by atoms with Gasteiger partial charge in [-0.15, -0.1) is 24.0 Å². The van der Waals surface area contributed by atoms with Crippen molar-refractivity contribution in [3.8, 4) is 0 Å². The number of nitrogens with zero attached hydrogens (tertiary/aromatic N) is 3. The molecular weight excluding hydrogens is 449 g/mol. The average Bonchev–Trinajstić information content (AvgIpc) is 2.62. The first-order chi connectivity index (χ1) is 12.6. The second-order valence-corrected chi connectivity index (χ2v) is 8.56. The van der Waals surface area contributed by atoms with Crippen molar-refractivity contribution in [2.75, 3.05) is 45.8 Å². The molecule has 0 aliphatic carbocycles. The molecule has 0 saturated carbocycles. The van der Waals surface area contributed by atoms with E-state index in [1.807, 2.05) is 0 Å². The number of likely N-dealkylation sites (tertiary alicyclic amines) is 2. The summed E-state index contributed by atoms with van der Waals surface area (Å²) < 4.78 is 0. The van der Waals surface area contributed by atoms with E-state index in [2.05, 4.69) is 48.1 Å². The summed E-state index contributed by atoms with van der Waals surface area (Å²) in [6.45, 7) is 17.2. The maximum atomic E-state index is 4.82. The number of aliphatic imine (C=N–C) groups is 1. The molecule has 2 fully saturated rings.